The summed E-state index contributed by atoms with van der Waals surface area (Å²) >= 11 is 1.61. The van der Waals surface area contributed by atoms with E-state index < -0.39 is 0 Å². The van der Waals surface area contributed by atoms with E-state index in [1.807, 2.05) is 18.2 Å². The van der Waals surface area contributed by atoms with Crippen LogP contribution in [0.15, 0.2) is 28.9 Å². The summed E-state index contributed by atoms with van der Waals surface area (Å²) in [6.07, 6.45) is 5.15. The number of anilines is 1. The van der Waals surface area contributed by atoms with Crippen LogP contribution in [0.4, 0.5) is 5.13 Å². The number of rotatable bonds is 4. The Morgan fingerprint density at radius 1 is 1.48 bits per heavy atom. The summed E-state index contributed by atoms with van der Waals surface area (Å²) < 4.78 is 10.7. The number of carbonyl (C=O) groups is 1. The summed E-state index contributed by atoms with van der Waals surface area (Å²) in [7, 11) is 1.62. The van der Waals surface area contributed by atoms with E-state index >= 15 is 0 Å². The van der Waals surface area contributed by atoms with E-state index in [0.29, 0.717) is 11.0 Å². The highest BCUT2D eigenvalue weighted by molar-refractivity contribution is 7.15. The van der Waals surface area contributed by atoms with Crippen molar-refractivity contribution in [2.45, 2.75) is 32.6 Å². The maximum absolute atomic E-state index is 12.4. The van der Waals surface area contributed by atoms with Crippen LogP contribution < -0.4 is 10.1 Å². The number of aryl methyl sites for hydroxylation is 1. The molecule has 1 N–H and O–H groups in total. The number of benzene rings is 1. The van der Waals surface area contributed by atoms with Crippen LogP contribution in [0.2, 0.25) is 0 Å². The SMILES string of the molecule is COc1ccc2c(CC(=O)Nc3nc4c(s3)C[C@@H](C)CC4)coc2c1. The number of thiazole rings is 1. The molecule has 0 saturated carbocycles. The molecule has 1 aliphatic rings. The Bertz CT molecular complexity index is 928. The number of furan rings is 1. The van der Waals surface area contributed by atoms with E-state index in [-0.39, 0.29) is 12.3 Å². The van der Waals surface area contributed by atoms with Gasteiger partial charge in [-0.1, -0.05) is 6.92 Å². The van der Waals surface area contributed by atoms with Crippen molar-refractivity contribution in [3.8, 4) is 5.75 Å². The number of hydrogen-bond acceptors (Lipinski definition) is 5. The maximum atomic E-state index is 12.4. The van der Waals surface area contributed by atoms with Gasteiger partial charge >= 0.3 is 0 Å². The molecule has 5 nitrogen and oxygen atoms in total. The normalized spacial score (nSPS) is 16.6. The third-order valence-electron chi connectivity index (χ3n) is 4.65. The van der Waals surface area contributed by atoms with Gasteiger partial charge < -0.3 is 14.5 Å². The van der Waals surface area contributed by atoms with E-state index in [4.69, 9.17) is 9.15 Å². The van der Waals surface area contributed by atoms with E-state index in [0.717, 1.165) is 40.8 Å². The van der Waals surface area contributed by atoms with Crippen molar-refractivity contribution < 1.29 is 13.9 Å². The lowest BCUT2D eigenvalue weighted by atomic mass is 9.93. The van der Waals surface area contributed by atoms with Crippen molar-refractivity contribution in [1.29, 1.82) is 0 Å². The average Bonchev–Trinajstić information content (AvgIpc) is 3.17. The topological polar surface area (TPSA) is 64.4 Å². The summed E-state index contributed by atoms with van der Waals surface area (Å²) in [6, 6.07) is 5.62. The van der Waals surface area contributed by atoms with Crippen LogP contribution in [0.25, 0.3) is 11.0 Å². The number of nitrogens with zero attached hydrogens (tertiary/aromatic N) is 1. The number of aromatic nitrogens is 1. The number of hydrogen-bond donors (Lipinski definition) is 1. The third kappa shape index (κ3) is 3.26. The third-order valence-corrected chi connectivity index (χ3v) is 5.68. The highest BCUT2D eigenvalue weighted by Gasteiger charge is 2.20. The predicted molar refractivity (Wildman–Crippen MR) is 98.4 cm³/mol. The Labute approximate surface area is 150 Å². The van der Waals surface area contributed by atoms with E-state index in [1.54, 1.807) is 24.7 Å². The monoisotopic (exact) mass is 356 g/mol. The minimum absolute atomic E-state index is 0.0716. The Hall–Kier alpha value is -2.34. The molecule has 2 heterocycles. The van der Waals surface area contributed by atoms with Crippen LogP contribution in [0.1, 0.15) is 29.5 Å². The van der Waals surface area contributed by atoms with Gasteiger partial charge in [0, 0.05) is 21.9 Å². The first-order valence-corrected chi connectivity index (χ1v) is 9.26. The van der Waals surface area contributed by atoms with Crippen LogP contribution in [0.3, 0.4) is 0 Å². The molecule has 2 aromatic heterocycles. The van der Waals surface area contributed by atoms with Crippen molar-refractivity contribution in [2.75, 3.05) is 12.4 Å². The molecule has 0 radical (unpaired) electrons. The second-order valence-electron chi connectivity index (χ2n) is 6.58. The summed E-state index contributed by atoms with van der Waals surface area (Å²) in [4.78, 5) is 18.3. The van der Waals surface area contributed by atoms with Crippen molar-refractivity contribution in [2.24, 2.45) is 5.92 Å². The molecular formula is C19H20N2O3S. The molecule has 0 saturated heterocycles. The Balaban J connectivity index is 1.47. The standard InChI is InChI=1S/C19H20N2O3S/c1-11-3-6-15-17(7-11)25-19(20-15)21-18(22)8-12-10-24-16-9-13(23-2)4-5-14(12)16/h4-5,9-11H,3,6-8H2,1-2H3,(H,20,21,22)/t11-/m0/s1. The lowest BCUT2D eigenvalue weighted by Crippen LogP contribution is -2.14. The minimum Gasteiger partial charge on any atom is -0.497 e. The van der Waals surface area contributed by atoms with Crippen LogP contribution >= 0.6 is 11.3 Å². The molecule has 3 aromatic rings. The molecule has 0 fully saturated rings. The smallest absolute Gasteiger partial charge is 0.230 e. The van der Waals surface area contributed by atoms with Crippen molar-refractivity contribution >= 4 is 33.3 Å². The molecular weight excluding hydrogens is 336 g/mol. The fourth-order valence-electron chi connectivity index (χ4n) is 3.26. The largest absolute Gasteiger partial charge is 0.497 e. The summed E-state index contributed by atoms with van der Waals surface area (Å²) in [5.74, 6) is 1.36. The summed E-state index contributed by atoms with van der Waals surface area (Å²) in [5, 5.41) is 4.58. The van der Waals surface area contributed by atoms with Crippen molar-refractivity contribution in [3.05, 3.63) is 40.6 Å². The van der Waals surface area contributed by atoms with Crippen molar-refractivity contribution in [3.63, 3.8) is 0 Å². The molecule has 1 aliphatic carbocycles. The molecule has 0 aliphatic heterocycles. The van der Waals surface area contributed by atoms with Gasteiger partial charge in [0.25, 0.3) is 0 Å². The maximum Gasteiger partial charge on any atom is 0.230 e. The van der Waals surface area contributed by atoms with Crippen LogP contribution in [-0.2, 0) is 24.1 Å². The molecule has 4 rings (SSSR count). The van der Waals surface area contributed by atoms with Crippen LogP contribution in [0, 0.1) is 5.92 Å². The zero-order valence-corrected chi connectivity index (χ0v) is 15.1. The van der Waals surface area contributed by atoms with Gasteiger partial charge in [0.15, 0.2) is 5.13 Å². The molecule has 1 atom stereocenters. The molecule has 25 heavy (non-hydrogen) atoms. The number of carbonyl (C=O) groups excluding carboxylic acids is 1. The zero-order valence-electron chi connectivity index (χ0n) is 14.3. The fraction of sp³-hybridized carbons (Fsp3) is 0.368. The second kappa shape index (κ2) is 6.52. The molecule has 0 bridgehead atoms. The first kappa shape index (κ1) is 16.1. The van der Waals surface area contributed by atoms with E-state index in [9.17, 15) is 4.79 Å². The molecule has 0 spiro atoms. The van der Waals surface area contributed by atoms with Gasteiger partial charge in [0.2, 0.25) is 5.91 Å². The molecule has 0 unspecified atom stereocenters. The molecule has 1 amide bonds. The van der Waals surface area contributed by atoms with Gasteiger partial charge in [-0.2, -0.15) is 0 Å². The van der Waals surface area contributed by atoms with Gasteiger partial charge in [0.1, 0.15) is 11.3 Å². The van der Waals surface area contributed by atoms with Crippen LogP contribution in [0.5, 0.6) is 5.75 Å². The molecule has 1 aromatic carbocycles. The average molecular weight is 356 g/mol. The number of amides is 1. The van der Waals surface area contributed by atoms with E-state index in [1.165, 1.54) is 11.3 Å². The minimum atomic E-state index is -0.0716. The van der Waals surface area contributed by atoms with Gasteiger partial charge in [0.05, 0.1) is 25.5 Å². The first-order chi connectivity index (χ1) is 12.1. The Kier molecular flexibility index (Phi) is 4.21. The lowest BCUT2D eigenvalue weighted by Gasteiger charge is -2.15. The molecule has 6 heteroatoms. The Morgan fingerprint density at radius 3 is 3.20 bits per heavy atom. The quantitative estimate of drug-likeness (QED) is 0.761. The summed E-state index contributed by atoms with van der Waals surface area (Å²) in [5.41, 5.74) is 2.74. The van der Waals surface area contributed by atoms with Gasteiger partial charge in [-0.15, -0.1) is 11.3 Å². The van der Waals surface area contributed by atoms with Gasteiger partial charge in [-0.25, -0.2) is 4.98 Å². The lowest BCUT2D eigenvalue weighted by molar-refractivity contribution is -0.115. The summed E-state index contributed by atoms with van der Waals surface area (Å²) in [6.45, 7) is 2.26. The zero-order chi connectivity index (χ0) is 17.4. The van der Waals surface area contributed by atoms with Crippen LogP contribution in [-0.4, -0.2) is 18.0 Å². The van der Waals surface area contributed by atoms with Crippen molar-refractivity contribution in [1.82, 2.24) is 4.98 Å². The second-order valence-corrected chi connectivity index (χ2v) is 7.67. The predicted octanol–water partition coefficient (Wildman–Crippen LogP) is 4.20. The molecule has 130 valence electrons. The fourth-order valence-corrected chi connectivity index (χ4v) is 4.44. The first-order valence-electron chi connectivity index (χ1n) is 8.45. The van der Waals surface area contributed by atoms with Gasteiger partial charge in [-0.3, -0.25) is 4.79 Å². The number of nitrogens with one attached hydrogen (secondary N) is 1. The highest BCUT2D eigenvalue weighted by Crippen LogP contribution is 2.32. The highest BCUT2D eigenvalue weighted by atomic mass is 32.1. The van der Waals surface area contributed by atoms with Gasteiger partial charge in [-0.05, 0) is 37.3 Å². The number of fused-ring (bicyclic) bond motifs is 2. The number of methoxy groups -OCH3 is 1. The van der Waals surface area contributed by atoms with E-state index in [2.05, 4.69) is 17.2 Å². The number of ether oxygens (including phenoxy) is 1. The Morgan fingerprint density at radius 2 is 2.36 bits per heavy atom.